The van der Waals surface area contributed by atoms with Gasteiger partial charge < -0.3 is 5.73 Å². The average molecular weight is 203 g/mol. The number of hydrogen-bond acceptors (Lipinski definition) is 1. The Balaban J connectivity index is 2.16. The van der Waals surface area contributed by atoms with Crippen LogP contribution >= 0.6 is 0 Å². The molecule has 2 N–H and O–H groups in total. The molecule has 15 heavy (non-hydrogen) atoms. The standard InChI is InChI=1S/C13H17NO/c1-9-2-4-10(5-3-9)12(8-13(14)15)11-6-7-11/h2-5,11-12H,6-8H2,1H3,(H2,14,15)/t12-/m0/s1. The van der Waals surface area contributed by atoms with Crippen LogP contribution in [0.1, 0.15) is 36.3 Å². The summed E-state index contributed by atoms with van der Waals surface area (Å²) < 4.78 is 0. The maximum Gasteiger partial charge on any atom is 0.218 e. The average Bonchev–Trinajstić information content (AvgIpc) is 2.99. The second-order valence-corrected chi connectivity index (χ2v) is 4.53. The van der Waals surface area contributed by atoms with Gasteiger partial charge in [-0.05, 0) is 37.2 Å². The summed E-state index contributed by atoms with van der Waals surface area (Å²) in [6, 6.07) is 8.46. The van der Waals surface area contributed by atoms with Crippen LogP contribution in [0.5, 0.6) is 0 Å². The van der Waals surface area contributed by atoms with Gasteiger partial charge in [0, 0.05) is 6.42 Å². The number of primary amides is 1. The van der Waals surface area contributed by atoms with Crippen molar-refractivity contribution in [2.45, 2.75) is 32.1 Å². The van der Waals surface area contributed by atoms with Crippen molar-refractivity contribution in [2.24, 2.45) is 11.7 Å². The summed E-state index contributed by atoms with van der Waals surface area (Å²) in [6.45, 7) is 2.07. The van der Waals surface area contributed by atoms with E-state index in [2.05, 4.69) is 31.2 Å². The molecule has 0 saturated heterocycles. The van der Waals surface area contributed by atoms with E-state index in [1.54, 1.807) is 0 Å². The molecule has 2 rings (SSSR count). The van der Waals surface area contributed by atoms with Gasteiger partial charge in [-0.25, -0.2) is 0 Å². The molecule has 2 nitrogen and oxygen atoms in total. The SMILES string of the molecule is Cc1ccc([C@H](CC(N)=O)C2CC2)cc1. The number of hydrogen-bond donors (Lipinski definition) is 1. The van der Waals surface area contributed by atoms with Gasteiger partial charge in [0.05, 0.1) is 0 Å². The van der Waals surface area contributed by atoms with E-state index in [-0.39, 0.29) is 5.91 Å². The highest BCUT2D eigenvalue weighted by molar-refractivity contribution is 5.74. The molecule has 1 saturated carbocycles. The van der Waals surface area contributed by atoms with Crippen molar-refractivity contribution in [3.63, 3.8) is 0 Å². The first-order valence-electron chi connectivity index (χ1n) is 5.51. The zero-order valence-corrected chi connectivity index (χ0v) is 9.07. The summed E-state index contributed by atoms with van der Waals surface area (Å²) in [6.07, 6.45) is 2.98. The maximum absolute atomic E-state index is 11.0. The van der Waals surface area contributed by atoms with Gasteiger partial charge in [0.25, 0.3) is 0 Å². The van der Waals surface area contributed by atoms with E-state index in [1.807, 2.05) is 0 Å². The van der Waals surface area contributed by atoms with Gasteiger partial charge in [-0.3, -0.25) is 4.79 Å². The smallest absolute Gasteiger partial charge is 0.218 e. The van der Waals surface area contributed by atoms with E-state index in [0.717, 1.165) is 0 Å². The predicted molar refractivity (Wildman–Crippen MR) is 60.5 cm³/mol. The Morgan fingerprint density at radius 3 is 2.47 bits per heavy atom. The van der Waals surface area contributed by atoms with Gasteiger partial charge in [0.15, 0.2) is 0 Å². The Morgan fingerprint density at radius 1 is 1.40 bits per heavy atom. The first kappa shape index (κ1) is 10.2. The number of benzene rings is 1. The van der Waals surface area contributed by atoms with E-state index < -0.39 is 0 Å². The van der Waals surface area contributed by atoms with E-state index in [4.69, 9.17) is 5.73 Å². The van der Waals surface area contributed by atoms with Gasteiger partial charge in [-0.1, -0.05) is 29.8 Å². The molecule has 1 aliphatic rings. The molecule has 0 unspecified atom stereocenters. The van der Waals surface area contributed by atoms with Gasteiger partial charge in [0.1, 0.15) is 0 Å². The van der Waals surface area contributed by atoms with Crippen LogP contribution in [0.4, 0.5) is 0 Å². The van der Waals surface area contributed by atoms with Crippen molar-refractivity contribution in [1.29, 1.82) is 0 Å². The monoisotopic (exact) mass is 203 g/mol. The summed E-state index contributed by atoms with van der Waals surface area (Å²) in [5.74, 6) is 0.843. The summed E-state index contributed by atoms with van der Waals surface area (Å²) in [5, 5.41) is 0. The zero-order chi connectivity index (χ0) is 10.8. The Kier molecular flexibility index (Phi) is 2.76. The summed E-state index contributed by atoms with van der Waals surface area (Å²) in [7, 11) is 0. The van der Waals surface area contributed by atoms with Crippen LogP contribution in [0.3, 0.4) is 0 Å². The van der Waals surface area contributed by atoms with Crippen LogP contribution in [0.2, 0.25) is 0 Å². The summed E-state index contributed by atoms with van der Waals surface area (Å²) in [5.41, 5.74) is 7.81. The molecule has 1 amide bonds. The van der Waals surface area contributed by atoms with Crippen LogP contribution in [-0.4, -0.2) is 5.91 Å². The van der Waals surface area contributed by atoms with E-state index in [1.165, 1.54) is 24.0 Å². The predicted octanol–water partition coefficient (Wildman–Crippen LogP) is 2.36. The number of rotatable bonds is 4. The fourth-order valence-electron chi connectivity index (χ4n) is 2.09. The van der Waals surface area contributed by atoms with Crippen LogP contribution in [-0.2, 0) is 4.79 Å². The molecule has 80 valence electrons. The van der Waals surface area contributed by atoms with Crippen LogP contribution in [0, 0.1) is 12.8 Å². The number of carbonyl (C=O) groups excluding carboxylic acids is 1. The van der Waals surface area contributed by atoms with Crippen molar-refractivity contribution >= 4 is 5.91 Å². The first-order chi connectivity index (χ1) is 7.16. The molecule has 0 heterocycles. The fraction of sp³-hybridized carbons (Fsp3) is 0.462. The van der Waals surface area contributed by atoms with E-state index in [0.29, 0.717) is 18.3 Å². The largest absolute Gasteiger partial charge is 0.370 e. The third-order valence-corrected chi connectivity index (χ3v) is 3.12. The minimum Gasteiger partial charge on any atom is -0.370 e. The second-order valence-electron chi connectivity index (χ2n) is 4.53. The topological polar surface area (TPSA) is 43.1 Å². The summed E-state index contributed by atoms with van der Waals surface area (Å²) in [4.78, 5) is 11.0. The molecule has 1 aromatic carbocycles. The third-order valence-electron chi connectivity index (χ3n) is 3.12. The Hall–Kier alpha value is -1.31. The molecule has 1 atom stereocenters. The van der Waals surface area contributed by atoms with Gasteiger partial charge >= 0.3 is 0 Å². The Morgan fingerprint density at radius 2 is 2.00 bits per heavy atom. The zero-order valence-electron chi connectivity index (χ0n) is 9.07. The maximum atomic E-state index is 11.0. The third kappa shape index (κ3) is 2.58. The summed E-state index contributed by atoms with van der Waals surface area (Å²) >= 11 is 0. The lowest BCUT2D eigenvalue weighted by atomic mass is 9.90. The van der Waals surface area contributed by atoms with Crippen molar-refractivity contribution in [3.05, 3.63) is 35.4 Å². The minimum atomic E-state index is -0.188. The Bertz CT molecular complexity index is 351. The normalized spacial score (nSPS) is 17.4. The molecule has 0 spiro atoms. The van der Waals surface area contributed by atoms with Crippen LogP contribution in [0.15, 0.2) is 24.3 Å². The molecule has 1 aromatic rings. The highest BCUT2D eigenvalue weighted by Gasteiger charge is 2.32. The number of nitrogens with two attached hydrogens (primary N) is 1. The molecule has 1 fully saturated rings. The minimum absolute atomic E-state index is 0.188. The van der Waals surface area contributed by atoms with Crippen molar-refractivity contribution in [1.82, 2.24) is 0 Å². The number of amides is 1. The lowest BCUT2D eigenvalue weighted by Gasteiger charge is -2.14. The fourth-order valence-corrected chi connectivity index (χ4v) is 2.09. The number of aryl methyl sites for hydroxylation is 1. The van der Waals surface area contributed by atoms with Crippen molar-refractivity contribution in [2.75, 3.05) is 0 Å². The molecule has 1 aliphatic carbocycles. The second kappa shape index (κ2) is 4.05. The molecular weight excluding hydrogens is 186 g/mol. The molecule has 0 radical (unpaired) electrons. The number of carbonyl (C=O) groups is 1. The molecule has 0 bridgehead atoms. The quantitative estimate of drug-likeness (QED) is 0.802. The van der Waals surface area contributed by atoms with Crippen molar-refractivity contribution in [3.8, 4) is 0 Å². The highest BCUT2D eigenvalue weighted by atomic mass is 16.1. The van der Waals surface area contributed by atoms with E-state index in [9.17, 15) is 4.79 Å². The lowest BCUT2D eigenvalue weighted by Crippen LogP contribution is -2.16. The van der Waals surface area contributed by atoms with E-state index >= 15 is 0 Å². The van der Waals surface area contributed by atoms with Gasteiger partial charge in [-0.15, -0.1) is 0 Å². The van der Waals surface area contributed by atoms with Crippen molar-refractivity contribution < 1.29 is 4.79 Å². The lowest BCUT2D eigenvalue weighted by molar-refractivity contribution is -0.118. The van der Waals surface area contributed by atoms with Gasteiger partial charge in [-0.2, -0.15) is 0 Å². The van der Waals surface area contributed by atoms with Gasteiger partial charge in [0.2, 0.25) is 5.91 Å². The molecule has 0 aliphatic heterocycles. The van der Waals surface area contributed by atoms with Crippen LogP contribution in [0.25, 0.3) is 0 Å². The first-order valence-corrected chi connectivity index (χ1v) is 5.51. The highest BCUT2D eigenvalue weighted by Crippen LogP contribution is 2.44. The van der Waals surface area contributed by atoms with Crippen LogP contribution < -0.4 is 5.73 Å². The Labute approximate surface area is 90.5 Å². The molecule has 2 heteroatoms. The molecule has 0 aromatic heterocycles. The molecular formula is C13H17NO.